The minimum Gasteiger partial charge on any atom is -0.370 e. The van der Waals surface area contributed by atoms with Crippen molar-refractivity contribution in [1.82, 2.24) is 9.47 Å². The van der Waals surface area contributed by atoms with Crippen LogP contribution in [0.3, 0.4) is 0 Å². The Morgan fingerprint density at radius 3 is 2.77 bits per heavy atom. The molecule has 22 heavy (non-hydrogen) atoms. The average molecular weight is 294 g/mol. The molecule has 0 radical (unpaired) electrons. The van der Waals surface area contributed by atoms with Crippen LogP contribution in [0.15, 0.2) is 43.0 Å². The third-order valence-corrected chi connectivity index (χ3v) is 4.73. The highest BCUT2D eigenvalue weighted by Crippen LogP contribution is 2.40. The van der Waals surface area contributed by atoms with E-state index >= 15 is 0 Å². The molecule has 0 saturated heterocycles. The van der Waals surface area contributed by atoms with Crippen LogP contribution in [0.25, 0.3) is 27.5 Å². The van der Waals surface area contributed by atoms with E-state index in [2.05, 4.69) is 59.5 Å². The van der Waals surface area contributed by atoms with Crippen molar-refractivity contribution in [2.24, 2.45) is 0 Å². The summed E-state index contributed by atoms with van der Waals surface area (Å²) < 4.78 is 14.9. The number of rotatable bonds is 3. The summed E-state index contributed by atoms with van der Waals surface area (Å²) in [5.74, 6) is 0. The van der Waals surface area contributed by atoms with Crippen molar-refractivity contribution in [1.29, 1.82) is 0 Å². The number of fused-ring (bicyclic) bond motifs is 5. The van der Waals surface area contributed by atoms with Gasteiger partial charge in [0, 0.05) is 53.2 Å². The van der Waals surface area contributed by atoms with Gasteiger partial charge < -0.3 is 9.47 Å². The monoisotopic (exact) mass is 294 g/mol. The molecule has 0 amide bonds. The largest absolute Gasteiger partial charge is 0.370 e. The molecule has 2 aromatic carbocycles. The molecule has 3 heteroatoms. The van der Waals surface area contributed by atoms with Gasteiger partial charge >= 0.3 is 0 Å². The number of nitrogens with zero attached hydrogens (tertiary/aromatic N) is 2. The van der Waals surface area contributed by atoms with Crippen LogP contribution in [-0.4, -0.2) is 23.2 Å². The molecule has 112 valence electrons. The Morgan fingerprint density at radius 2 is 1.95 bits per heavy atom. The number of alkyl halides is 1. The summed E-state index contributed by atoms with van der Waals surface area (Å²) in [6.07, 6.45) is 0.553. The van der Waals surface area contributed by atoms with E-state index in [4.69, 9.17) is 0 Å². The number of aromatic nitrogens is 1. The summed E-state index contributed by atoms with van der Waals surface area (Å²) >= 11 is 0. The van der Waals surface area contributed by atoms with E-state index in [9.17, 15) is 4.39 Å². The Labute approximate surface area is 129 Å². The maximum absolute atomic E-state index is 12.7. The first-order valence-electron chi connectivity index (χ1n) is 7.71. The van der Waals surface area contributed by atoms with Crippen molar-refractivity contribution in [3.05, 3.63) is 54.1 Å². The van der Waals surface area contributed by atoms with Gasteiger partial charge in [0.05, 0.1) is 6.67 Å². The maximum atomic E-state index is 12.7. The zero-order valence-electron chi connectivity index (χ0n) is 12.8. The molecule has 0 fully saturated rings. The summed E-state index contributed by atoms with van der Waals surface area (Å²) in [6.45, 7) is 5.52. The fraction of sp³-hybridized carbons (Fsp3) is 0.263. The first-order chi connectivity index (χ1) is 10.7. The highest BCUT2D eigenvalue weighted by atomic mass is 19.1. The zero-order valence-corrected chi connectivity index (χ0v) is 12.8. The highest BCUT2D eigenvalue weighted by Gasteiger charge is 2.24. The molecule has 0 spiro atoms. The van der Waals surface area contributed by atoms with Crippen LogP contribution in [0.2, 0.25) is 0 Å². The van der Waals surface area contributed by atoms with Gasteiger partial charge in [-0.3, -0.25) is 4.39 Å². The van der Waals surface area contributed by atoms with Crippen LogP contribution in [0.4, 0.5) is 4.39 Å². The summed E-state index contributed by atoms with van der Waals surface area (Å²) in [4.78, 5) is 2.19. The molecule has 0 aliphatic carbocycles. The Morgan fingerprint density at radius 1 is 1.14 bits per heavy atom. The lowest BCUT2D eigenvalue weighted by Crippen LogP contribution is -2.06. The van der Waals surface area contributed by atoms with E-state index in [1.807, 2.05) is 0 Å². The minimum absolute atomic E-state index is 0.279. The lowest BCUT2D eigenvalue weighted by atomic mass is 10.0. The lowest BCUT2D eigenvalue weighted by Gasteiger charge is -2.10. The number of halogens is 1. The molecule has 0 saturated carbocycles. The van der Waals surface area contributed by atoms with Crippen molar-refractivity contribution >= 4 is 27.5 Å². The van der Waals surface area contributed by atoms with Crippen molar-refractivity contribution < 1.29 is 4.39 Å². The second-order valence-electron chi connectivity index (χ2n) is 6.00. The van der Waals surface area contributed by atoms with E-state index < -0.39 is 0 Å². The Hall–Kier alpha value is -2.29. The standard InChI is InChI=1S/C19H19FN2/c1-13-14-8-9-18-19(16(14)12-21(13)2)15-6-3-4-7-17(15)22(18)11-5-10-20/h3-4,6-9H,1,5,10-12H2,2H3. The molecule has 1 aromatic heterocycles. The van der Waals surface area contributed by atoms with Gasteiger partial charge in [0.25, 0.3) is 0 Å². The summed E-state index contributed by atoms with van der Waals surface area (Å²) in [5.41, 5.74) is 6.07. The molecule has 1 aliphatic heterocycles. The molecular formula is C19H19FN2. The number of hydrogen-bond acceptors (Lipinski definition) is 1. The molecule has 0 atom stereocenters. The summed E-state index contributed by atoms with van der Waals surface area (Å²) in [7, 11) is 2.08. The molecule has 4 rings (SSSR count). The van der Waals surface area contributed by atoms with E-state index in [1.54, 1.807) is 0 Å². The zero-order chi connectivity index (χ0) is 15.3. The third-order valence-electron chi connectivity index (χ3n) is 4.73. The maximum Gasteiger partial charge on any atom is 0.0911 e. The van der Waals surface area contributed by atoms with Gasteiger partial charge in [-0.15, -0.1) is 0 Å². The Kier molecular flexibility index (Phi) is 2.96. The van der Waals surface area contributed by atoms with Crippen LogP contribution in [0, 0.1) is 0 Å². The van der Waals surface area contributed by atoms with Crippen LogP contribution in [-0.2, 0) is 13.1 Å². The van der Waals surface area contributed by atoms with Crippen molar-refractivity contribution in [2.45, 2.75) is 19.5 Å². The highest BCUT2D eigenvalue weighted by molar-refractivity contribution is 6.11. The molecule has 0 N–H and O–H groups in total. The molecule has 0 unspecified atom stereocenters. The quantitative estimate of drug-likeness (QED) is 0.687. The fourth-order valence-electron chi connectivity index (χ4n) is 3.64. The van der Waals surface area contributed by atoms with Crippen LogP contribution in [0.5, 0.6) is 0 Å². The fourth-order valence-corrected chi connectivity index (χ4v) is 3.64. The number of hydrogen-bond donors (Lipinski definition) is 0. The number of benzene rings is 2. The molecular weight excluding hydrogens is 275 g/mol. The van der Waals surface area contributed by atoms with Gasteiger partial charge in [-0.05, 0) is 24.1 Å². The van der Waals surface area contributed by atoms with Crippen molar-refractivity contribution in [3.8, 4) is 0 Å². The predicted molar refractivity (Wildman–Crippen MR) is 90.5 cm³/mol. The Balaban J connectivity index is 2.08. The van der Waals surface area contributed by atoms with Crippen LogP contribution >= 0.6 is 0 Å². The van der Waals surface area contributed by atoms with E-state index in [-0.39, 0.29) is 6.67 Å². The van der Waals surface area contributed by atoms with Crippen LogP contribution in [0.1, 0.15) is 17.5 Å². The van der Waals surface area contributed by atoms with Gasteiger partial charge in [-0.1, -0.05) is 30.8 Å². The molecule has 0 bridgehead atoms. The molecule has 1 aliphatic rings. The van der Waals surface area contributed by atoms with E-state index in [1.165, 1.54) is 32.9 Å². The first-order valence-corrected chi connectivity index (χ1v) is 7.71. The Bertz CT molecular complexity index is 891. The van der Waals surface area contributed by atoms with Gasteiger partial charge in [-0.25, -0.2) is 0 Å². The molecule has 2 nitrogen and oxygen atoms in total. The van der Waals surface area contributed by atoms with Gasteiger partial charge in [-0.2, -0.15) is 0 Å². The van der Waals surface area contributed by atoms with Gasteiger partial charge in [0.1, 0.15) is 0 Å². The third kappa shape index (κ3) is 1.71. The van der Waals surface area contributed by atoms with Crippen LogP contribution < -0.4 is 0 Å². The number of para-hydroxylation sites is 1. The summed E-state index contributed by atoms with van der Waals surface area (Å²) in [5, 5.41) is 2.56. The normalized spacial score (nSPS) is 14.3. The summed E-state index contributed by atoms with van der Waals surface area (Å²) in [6, 6.07) is 12.8. The minimum atomic E-state index is -0.279. The molecule has 3 aromatic rings. The first kappa shape index (κ1) is 13.4. The van der Waals surface area contributed by atoms with E-state index in [0.717, 1.165) is 18.8 Å². The smallest absolute Gasteiger partial charge is 0.0911 e. The van der Waals surface area contributed by atoms with Gasteiger partial charge in [0.15, 0.2) is 0 Å². The van der Waals surface area contributed by atoms with E-state index in [0.29, 0.717) is 6.42 Å². The van der Waals surface area contributed by atoms with Gasteiger partial charge in [0.2, 0.25) is 0 Å². The molecule has 2 heterocycles. The second kappa shape index (κ2) is 4.87. The van der Waals surface area contributed by atoms with Crippen molar-refractivity contribution in [3.63, 3.8) is 0 Å². The number of aryl methyl sites for hydroxylation is 1. The predicted octanol–water partition coefficient (Wildman–Crippen LogP) is 4.57. The topological polar surface area (TPSA) is 8.17 Å². The lowest BCUT2D eigenvalue weighted by molar-refractivity contribution is 0.452. The van der Waals surface area contributed by atoms with Crippen molar-refractivity contribution in [2.75, 3.05) is 13.7 Å². The average Bonchev–Trinajstić information content (AvgIpc) is 3.01. The second-order valence-corrected chi connectivity index (χ2v) is 6.00. The SMILES string of the molecule is C=C1c2ccc3c(c2CN1C)c1ccccc1n3CCCF.